The van der Waals surface area contributed by atoms with Crippen LogP contribution in [0, 0.1) is 25.7 Å². The summed E-state index contributed by atoms with van der Waals surface area (Å²) in [7, 11) is 0. The fourth-order valence-electron chi connectivity index (χ4n) is 4.31. The van der Waals surface area contributed by atoms with E-state index in [0.29, 0.717) is 6.61 Å². The zero-order valence-electron chi connectivity index (χ0n) is 15.3. The van der Waals surface area contributed by atoms with Crippen LogP contribution in [-0.4, -0.2) is 5.97 Å². The van der Waals surface area contributed by atoms with Gasteiger partial charge in [-0.3, -0.25) is 4.79 Å². The standard InChI is InChI=1S/C22H23ClO3/c1-12-10-19(25-11-15-4-6-16(23)7-5-15)14(3)20-17(12)8-9-18-13(2)22(24)26-21(18)20/h4-7,10,13,18,21H,8-9,11H2,1-3H3/t13-,18-,21+/m0/s1. The number of fused-ring (bicyclic) bond motifs is 3. The molecule has 0 unspecified atom stereocenters. The second-order valence-corrected chi connectivity index (χ2v) is 7.91. The van der Waals surface area contributed by atoms with Gasteiger partial charge in [-0.15, -0.1) is 0 Å². The maximum atomic E-state index is 12.1. The second kappa shape index (κ2) is 6.62. The zero-order chi connectivity index (χ0) is 18.4. The number of rotatable bonds is 3. The Hall–Kier alpha value is -2.00. The Labute approximate surface area is 159 Å². The van der Waals surface area contributed by atoms with Crippen molar-refractivity contribution in [3.8, 4) is 5.75 Å². The minimum Gasteiger partial charge on any atom is -0.489 e. The topological polar surface area (TPSA) is 35.5 Å². The van der Waals surface area contributed by atoms with Crippen LogP contribution in [0.2, 0.25) is 5.02 Å². The maximum Gasteiger partial charge on any atom is 0.309 e. The first-order chi connectivity index (χ1) is 12.5. The van der Waals surface area contributed by atoms with Gasteiger partial charge in [0, 0.05) is 16.5 Å². The Kier molecular flexibility index (Phi) is 4.44. The summed E-state index contributed by atoms with van der Waals surface area (Å²) in [4.78, 5) is 12.1. The van der Waals surface area contributed by atoms with E-state index in [1.165, 1.54) is 16.7 Å². The van der Waals surface area contributed by atoms with Crippen LogP contribution in [0.1, 0.15) is 47.3 Å². The summed E-state index contributed by atoms with van der Waals surface area (Å²) >= 11 is 5.95. The number of benzene rings is 2. The summed E-state index contributed by atoms with van der Waals surface area (Å²) in [6, 6.07) is 9.80. The minimum absolute atomic E-state index is 0.0218. The lowest BCUT2D eigenvalue weighted by atomic mass is 9.74. The summed E-state index contributed by atoms with van der Waals surface area (Å²) in [5.41, 5.74) is 5.87. The molecule has 1 aliphatic heterocycles. The Morgan fingerprint density at radius 2 is 1.96 bits per heavy atom. The predicted octanol–water partition coefficient (Wildman–Crippen LogP) is 5.33. The highest BCUT2D eigenvalue weighted by atomic mass is 35.5. The van der Waals surface area contributed by atoms with Gasteiger partial charge in [0.2, 0.25) is 0 Å². The Morgan fingerprint density at radius 3 is 2.69 bits per heavy atom. The van der Waals surface area contributed by atoms with Gasteiger partial charge < -0.3 is 9.47 Å². The third kappa shape index (κ3) is 2.88. The highest BCUT2D eigenvalue weighted by Crippen LogP contribution is 2.49. The first kappa shape index (κ1) is 17.4. The summed E-state index contributed by atoms with van der Waals surface area (Å²) in [6.07, 6.45) is 1.89. The monoisotopic (exact) mass is 370 g/mol. The number of hydrogen-bond donors (Lipinski definition) is 0. The van der Waals surface area contributed by atoms with Crippen LogP contribution in [0.5, 0.6) is 5.75 Å². The van der Waals surface area contributed by atoms with E-state index in [9.17, 15) is 4.79 Å². The Bertz CT molecular complexity index is 857. The molecule has 136 valence electrons. The summed E-state index contributed by atoms with van der Waals surface area (Å²) in [6.45, 7) is 6.67. The maximum absolute atomic E-state index is 12.1. The van der Waals surface area contributed by atoms with Crippen LogP contribution in [0.3, 0.4) is 0 Å². The van der Waals surface area contributed by atoms with Gasteiger partial charge in [-0.1, -0.05) is 30.7 Å². The van der Waals surface area contributed by atoms with E-state index in [1.807, 2.05) is 31.2 Å². The third-order valence-electron chi connectivity index (χ3n) is 5.89. The number of carbonyl (C=O) groups is 1. The molecule has 3 nitrogen and oxygen atoms in total. The van der Waals surface area contributed by atoms with Crippen molar-refractivity contribution < 1.29 is 14.3 Å². The van der Waals surface area contributed by atoms with E-state index in [1.54, 1.807) is 0 Å². The van der Waals surface area contributed by atoms with Crippen LogP contribution in [-0.2, 0) is 22.6 Å². The average molecular weight is 371 g/mol. The van der Waals surface area contributed by atoms with Crippen LogP contribution in [0.4, 0.5) is 0 Å². The van der Waals surface area contributed by atoms with Crippen molar-refractivity contribution >= 4 is 17.6 Å². The molecule has 0 amide bonds. The molecular weight excluding hydrogens is 348 g/mol. The quantitative estimate of drug-likeness (QED) is 0.685. The van der Waals surface area contributed by atoms with Crippen molar-refractivity contribution in [2.45, 2.75) is 46.3 Å². The molecule has 1 saturated heterocycles. The lowest BCUT2D eigenvalue weighted by molar-refractivity contribution is -0.144. The van der Waals surface area contributed by atoms with Gasteiger partial charge in [-0.05, 0) is 67.1 Å². The molecule has 2 aromatic carbocycles. The Balaban J connectivity index is 1.66. The third-order valence-corrected chi connectivity index (χ3v) is 6.14. The normalized spacial score (nSPS) is 24.0. The highest BCUT2D eigenvalue weighted by Gasteiger charge is 2.46. The largest absolute Gasteiger partial charge is 0.489 e. The van der Waals surface area contributed by atoms with Crippen molar-refractivity contribution in [2.75, 3.05) is 0 Å². The first-order valence-electron chi connectivity index (χ1n) is 9.16. The fraction of sp³-hybridized carbons (Fsp3) is 0.409. The predicted molar refractivity (Wildman–Crippen MR) is 102 cm³/mol. The van der Waals surface area contributed by atoms with Gasteiger partial charge in [0.05, 0.1) is 5.92 Å². The van der Waals surface area contributed by atoms with Crippen LogP contribution >= 0.6 is 11.6 Å². The van der Waals surface area contributed by atoms with E-state index in [0.717, 1.165) is 34.7 Å². The lowest BCUT2D eigenvalue weighted by Crippen LogP contribution is -2.22. The molecular formula is C22H23ClO3. The molecule has 26 heavy (non-hydrogen) atoms. The van der Waals surface area contributed by atoms with Gasteiger partial charge in [-0.25, -0.2) is 0 Å². The molecule has 0 bridgehead atoms. The number of halogens is 1. The number of aryl methyl sites for hydroxylation is 1. The van der Waals surface area contributed by atoms with E-state index in [2.05, 4.69) is 19.9 Å². The number of hydrogen-bond acceptors (Lipinski definition) is 3. The zero-order valence-corrected chi connectivity index (χ0v) is 16.1. The van der Waals surface area contributed by atoms with Gasteiger partial charge in [0.15, 0.2) is 0 Å². The average Bonchev–Trinajstić information content (AvgIpc) is 2.92. The van der Waals surface area contributed by atoms with Gasteiger partial charge in [0.1, 0.15) is 18.5 Å². The second-order valence-electron chi connectivity index (χ2n) is 7.47. The molecule has 2 aliphatic rings. The first-order valence-corrected chi connectivity index (χ1v) is 9.54. The molecule has 4 rings (SSSR count). The van der Waals surface area contributed by atoms with Crippen molar-refractivity contribution in [3.63, 3.8) is 0 Å². The molecule has 0 aromatic heterocycles. The Morgan fingerprint density at radius 1 is 1.23 bits per heavy atom. The van der Waals surface area contributed by atoms with Crippen LogP contribution < -0.4 is 4.74 Å². The molecule has 3 atom stereocenters. The molecule has 0 N–H and O–H groups in total. The molecule has 1 aliphatic carbocycles. The molecule has 0 saturated carbocycles. The molecule has 4 heteroatoms. The van der Waals surface area contributed by atoms with E-state index in [4.69, 9.17) is 21.1 Å². The van der Waals surface area contributed by atoms with Gasteiger partial charge in [-0.2, -0.15) is 0 Å². The summed E-state index contributed by atoms with van der Waals surface area (Å²) < 4.78 is 11.9. The molecule has 2 aromatic rings. The van der Waals surface area contributed by atoms with E-state index in [-0.39, 0.29) is 23.9 Å². The molecule has 1 heterocycles. The van der Waals surface area contributed by atoms with Gasteiger partial charge >= 0.3 is 5.97 Å². The fourth-order valence-corrected chi connectivity index (χ4v) is 4.44. The summed E-state index contributed by atoms with van der Waals surface area (Å²) in [5.74, 6) is 1.05. The van der Waals surface area contributed by atoms with Gasteiger partial charge in [0.25, 0.3) is 0 Å². The summed E-state index contributed by atoms with van der Waals surface area (Å²) in [5, 5.41) is 0.720. The number of carbonyl (C=O) groups excluding carboxylic acids is 1. The van der Waals surface area contributed by atoms with Crippen LogP contribution in [0.15, 0.2) is 30.3 Å². The van der Waals surface area contributed by atoms with Crippen molar-refractivity contribution in [3.05, 3.63) is 63.2 Å². The van der Waals surface area contributed by atoms with E-state index < -0.39 is 0 Å². The molecule has 1 fully saturated rings. The molecule has 0 spiro atoms. The smallest absolute Gasteiger partial charge is 0.309 e. The number of ether oxygens (including phenoxy) is 2. The SMILES string of the molecule is Cc1cc(OCc2ccc(Cl)cc2)c(C)c2c1CC[C@H]1[C@H](C)C(=O)O[C@@H]21. The van der Waals surface area contributed by atoms with Crippen molar-refractivity contribution in [2.24, 2.45) is 11.8 Å². The van der Waals surface area contributed by atoms with Crippen molar-refractivity contribution in [1.29, 1.82) is 0 Å². The van der Waals surface area contributed by atoms with E-state index >= 15 is 0 Å². The minimum atomic E-state index is -0.126. The molecule has 0 radical (unpaired) electrons. The van der Waals surface area contributed by atoms with Crippen molar-refractivity contribution in [1.82, 2.24) is 0 Å². The number of esters is 1. The van der Waals surface area contributed by atoms with Crippen LogP contribution in [0.25, 0.3) is 0 Å². The lowest BCUT2D eigenvalue weighted by Gasteiger charge is -2.31. The highest BCUT2D eigenvalue weighted by molar-refractivity contribution is 6.30.